The zero-order valence-electron chi connectivity index (χ0n) is 9.57. The molecule has 2 aliphatic rings. The Morgan fingerprint density at radius 1 is 1.13 bits per heavy atom. The molecule has 3 heteroatoms. The van der Waals surface area contributed by atoms with E-state index in [-0.39, 0.29) is 0 Å². The molecule has 0 aromatic heterocycles. The second-order valence-electron chi connectivity index (χ2n) is 5.16. The molecule has 2 rings (SSSR count). The van der Waals surface area contributed by atoms with Crippen molar-refractivity contribution < 1.29 is 5.11 Å². The summed E-state index contributed by atoms with van der Waals surface area (Å²) in [5.74, 6) is 0.678. The van der Waals surface area contributed by atoms with E-state index in [1.54, 1.807) is 0 Å². The first-order valence-electron chi connectivity index (χ1n) is 6.41. The lowest BCUT2D eigenvalue weighted by Crippen LogP contribution is -2.46. The minimum atomic E-state index is 0.290. The fourth-order valence-corrected chi connectivity index (χ4v) is 2.90. The molecule has 88 valence electrons. The SMILES string of the molecule is NC1CCCC1CN(CCO)C1CCC1. The Hall–Kier alpha value is -0.120. The lowest BCUT2D eigenvalue weighted by Gasteiger charge is -2.39. The molecule has 2 atom stereocenters. The summed E-state index contributed by atoms with van der Waals surface area (Å²) >= 11 is 0. The van der Waals surface area contributed by atoms with E-state index in [0.29, 0.717) is 18.6 Å². The number of nitrogens with two attached hydrogens (primary N) is 1. The molecular weight excluding hydrogens is 188 g/mol. The Labute approximate surface area is 92.6 Å². The lowest BCUT2D eigenvalue weighted by atomic mass is 9.90. The number of nitrogens with zero attached hydrogens (tertiary/aromatic N) is 1. The predicted octanol–water partition coefficient (Wildman–Crippen LogP) is 0.961. The van der Waals surface area contributed by atoms with Crippen molar-refractivity contribution in [1.82, 2.24) is 4.90 Å². The topological polar surface area (TPSA) is 49.5 Å². The molecule has 0 aromatic rings. The van der Waals surface area contributed by atoms with Crippen LogP contribution in [0.5, 0.6) is 0 Å². The molecule has 2 fully saturated rings. The molecule has 2 aliphatic carbocycles. The van der Waals surface area contributed by atoms with Crippen molar-refractivity contribution in [2.24, 2.45) is 11.7 Å². The van der Waals surface area contributed by atoms with Crippen molar-refractivity contribution in [3.05, 3.63) is 0 Å². The zero-order chi connectivity index (χ0) is 10.7. The maximum Gasteiger partial charge on any atom is 0.0558 e. The Morgan fingerprint density at radius 2 is 1.87 bits per heavy atom. The van der Waals surface area contributed by atoms with Crippen LogP contribution in [-0.4, -0.2) is 41.8 Å². The van der Waals surface area contributed by atoms with Crippen LogP contribution in [0.25, 0.3) is 0 Å². The van der Waals surface area contributed by atoms with Crippen molar-refractivity contribution in [3.63, 3.8) is 0 Å². The monoisotopic (exact) mass is 212 g/mol. The summed E-state index contributed by atoms with van der Waals surface area (Å²) in [4.78, 5) is 2.47. The third-order valence-corrected chi connectivity index (χ3v) is 4.17. The van der Waals surface area contributed by atoms with E-state index in [0.717, 1.165) is 19.1 Å². The van der Waals surface area contributed by atoms with Gasteiger partial charge in [0.05, 0.1) is 6.61 Å². The highest BCUT2D eigenvalue weighted by molar-refractivity contribution is 4.87. The average Bonchev–Trinajstić information content (AvgIpc) is 2.49. The maximum atomic E-state index is 9.07. The van der Waals surface area contributed by atoms with Crippen LogP contribution in [0, 0.1) is 5.92 Å². The van der Waals surface area contributed by atoms with E-state index in [4.69, 9.17) is 10.8 Å². The molecule has 2 unspecified atom stereocenters. The first-order chi connectivity index (χ1) is 7.31. The predicted molar refractivity (Wildman–Crippen MR) is 61.6 cm³/mol. The van der Waals surface area contributed by atoms with Crippen LogP contribution in [0.15, 0.2) is 0 Å². The molecule has 2 saturated carbocycles. The number of aliphatic hydroxyl groups is 1. The van der Waals surface area contributed by atoms with Gasteiger partial charge in [0.15, 0.2) is 0 Å². The summed E-state index contributed by atoms with van der Waals surface area (Å²) in [6.45, 7) is 2.25. The van der Waals surface area contributed by atoms with Crippen molar-refractivity contribution in [1.29, 1.82) is 0 Å². The van der Waals surface area contributed by atoms with Gasteiger partial charge >= 0.3 is 0 Å². The van der Waals surface area contributed by atoms with E-state index in [1.807, 2.05) is 0 Å². The molecule has 0 heterocycles. The van der Waals surface area contributed by atoms with Gasteiger partial charge in [-0.1, -0.05) is 12.8 Å². The minimum Gasteiger partial charge on any atom is -0.395 e. The summed E-state index contributed by atoms with van der Waals surface area (Å²) in [6, 6.07) is 1.15. The standard InChI is InChI=1S/C12H24N2O/c13-12-6-1-3-10(12)9-14(7-8-15)11-4-2-5-11/h10-12,15H,1-9,13H2. The van der Waals surface area contributed by atoms with Crippen LogP contribution in [0.1, 0.15) is 38.5 Å². The Kier molecular flexibility index (Phi) is 4.00. The Bertz CT molecular complexity index is 194. The lowest BCUT2D eigenvalue weighted by molar-refractivity contribution is 0.0833. The van der Waals surface area contributed by atoms with E-state index in [1.165, 1.54) is 38.5 Å². The third kappa shape index (κ3) is 2.71. The summed E-state index contributed by atoms with van der Waals surface area (Å²) in [6.07, 6.45) is 7.79. The van der Waals surface area contributed by atoms with Gasteiger partial charge in [-0.3, -0.25) is 4.90 Å². The maximum absolute atomic E-state index is 9.07. The highest BCUT2D eigenvalue weighted by Gasteiger charge is 2.30. The van der Waals surface area contributed by atoms with E-state index < -0.39 is 0 Å². The van der Waals surface area contributed by atoms with E-state index >= 15 is 0 Å². The van der Waals surface area contributed by atoms with Gasteiger partial charge in [0, 0.05) is 25.2 Å². The third-order valence-electron chi connectivity index (χ3n) is 4.17. The minimum absolute atomic E-state index is 0.290. The van der Waals surface area contributed by atoms with Crippen molar-refractivity contribution in [3.8, 4) is 0 Å². The van der Waals surface area contributed by atoms with Crippen LogP contribution >= 0.6 is 0 Å². The molecule has 15 heavy (non-hydrogen) atoms. The van der Waals surface area contributed by atoms with Gasteiger partial charge in [0.2, 0.25) is 0 Å². The molecule has 0 saturated heterocycles. The Balaban J connectivity index is 1.82. The van der Waals surface area contributed by atoms with Crippen molar-refractivity contribution in [2.75, 3.05) is 19.7 Å². The first kappa shape index (κ1) is 11.4. The molecule has 0 aromatic carbocycles. The van der Waals surface area contributed by atoms with Gasteiger partial charge in [-0.2, -0.15) is 0 Å². The molecule has 0 radical (unpaired) electrons. The smallest absolute Gasteiger partial charge is 0.0558 e. The highest BCUT2D eigenvalue weighted by Crippen LogP contribution is 2.29. The molecule has 0 spiro atoms. The molecule has 0 aliphatic heterocycles. The second kappa shape index (κ2) is 5.28. The second-order valence-corrected chi connectivity index (χ2v) is 5.16. The number of aliphatic hydroxyl groups excluding tert-OH is 1. The van der Waals surface area contributed by atoms with Gasteiger partial charge in [-0.15, -0.1) is 0 Å². The summed E-state index contributed by atoms with van der Waals surface area (Å²) < 4.78 is 0. The summed E-state index contributed by atoms with van der Waals surface area (Å²) in [7, 11) is 0. The van der Waals surface area contributed by atoms with Crippen LogP contribution in [0.3, 0.4) is 0 Å². The van der Waals surface area contributed by atoms with Gasteiger partial charge in [0.25, 0.3) is 0 Å². The molecule has 0 amide bonds. The van der Waals surface area contributed by atoms with Crippen LogP contribution in [0.4, 0.5) is 0 Å². The van der Waals surface area contributed by atoms with E-state index in [2.05, 4.69) is 4.90 Å². The zero-order valence-corrected chi connectivity index (χ0v) is 9.57. The quantitative estimate of drug-likeness (QED) is 0.713. The normalized spacial score (nSPS) is 32.2. The van der Waals surface area contributed by atoms with Crippen LogP contribution < -0.4 is 5.73 Å². The Morgan fingerprint density at radius 3 is 2.33 bits per heavy atom. The van der Waals surface area contributed by atoms with Gasteiger partial charge in [0.1, 0.15) is 0 Å². The number of hydrogen-bond donors (Lipinski definition) is 2. The fraction of sp³-hybridized carbons (Fsp3) is 1.00. The highest BCUT2D eigenvalue weighted by atomic mass is 16.3. The van der Waals surface area contributed by atoms with Gasteiger partial charge < -0.3 is 10.8 Å². The van der Waals surface area contributed by atoms with Gasteiger partial charge in [-0.05, 0) is 31.6 Å². The summed E-state index contributed by atoms with van der Waals surface area (Å²) in [5, 5.41) is 9.07. The van der Waals surface area contributed by atoms with Crippen LogP contribution in [-0.2, 0) is 0 Å². The van der Waals surface area contributed by atoms with Crippen LogP contribution in [0.2, 0.25) is 0 Å². The molecule has 3 N–H and O–H groups in total. The molecular formula is C12H24N2O. The summed E-state index contributed by atoms with van der Waals surface area (Å²) in [5.41, 5.74) is 6.09. The molecule has 0 bridgehead atoms. The number of rotatable bonds is 5. The number of hydrogen-bond acceptors (Lipinski definition) is 3. The molecule has 3 nitrogen and oxygen atoms in total. The first-order valence-corrected chi connectivity index (χ1v) is 6.41. The van der Waals surface area contributed by atoms with Crippen molar-refractivity contribution in [2.45, 2.75) is 50.6 Å². The van der Waals surface area contributed by atoms with E-state index in [9.17, 15) is 0 Å². The van der Waals surface area contributed by atoms with Gasteiger partial charge in [-0.25, -0.2) is 0 Å². The average molecular weight is 212 g/mol. The largest absolute Gasteiger partial charge is 0.395 e. The van der Waals surface area contributed by atoms with Crippen molar-refractivity contribution >= 4 is 0 Å². The fourth-order valence-electron chi connectivity index (χ4n) is 2.90.